The Morgan fingerprint density at radius 2 is 1.75 bits per heavy atom. The Morgan fingerprint density at radius 1 is 1.07 bits per heavy atom. The number of hydrogen-bond acceptors (Lipinski definition) is 3. The van der Waals surface area contributed by atoms with Crippen molar-refractivity contribution in [2.24, 2.45) is 4.99 Å². The Morgan fingerprint density at radius 3 is 2.43 bits per heavy atom. The van der Waals surface area contributed by atoms with E-state index in [4.69, 9.17) is 4.74 Å². The third-order valence-corrected chi connectivity index (χ3v) is 5.24. The Labute approximate surface area is 174 Å². The number of aliphatic imine (C=N–C) groups is 1. The molecule has 0 spiro atoms. The van der Waals surface area contributed by atoms with Crippen molar-refractivity contribution in [3.8, 4) is 0 Å². The summed E-state index contributed by atoms with van der Waals surface area (Å²) in [4.78, 5) is 6.65. The first-order chi connectivity index (χ1) is 13.7. The van der Waals surface area contributed by atoms with Crippen LogP contribution in [0.5, 0.6) is 0 Å². The van der Waals surface area contributed by atoms with Crippen molar-refractivity contribution in [1.29, 1.82) is 0 Å². The maximum Gasteiger partial charge on any atom is 0.191 e. The molecule has 0 radical (unpaired) electrons. The number of morpholine rings is 1. The lowest BCUT2D eigenvalue weighted by Gasteiger charge is -2.27. The van der Waals surface area contributed by atoms with Gasteiger partial charge in [-0.15, -0.1) is 0 Å². The van der Waals surface area contributed by atoms with Crippen LogP contribution in [0.4, 0.5) is 4.39 Å². The number of guanidine groups is 1. The minimum absolute atomic E-state index is 0.242. The molecule has 1 aliphatic rings. The lowest BCUT2D eigenvalue weighted by Crippen LogP contribution is -2.37. The summed E-state index contributed by atoms with van der Waals surface area (Å²) in [6.45, 7) is 5.45. The Hall–Kier alpha value is -1.96. The lowest BCUT2D eigenvalue weighted by molar-refractivity contribution is 0.0341. The van der Waals surface area contributed by atoms with Crippen LogP contribution in [0.1, 0.15) is 16.7 Å². The van der Waals surface area contributed by atoms with Crippen LogP contribution >= 0.6 is 15.9 Å². The van der Waals surface area contributed by atoms with Gasteiger partial charge in [-0.05, 0) is 23.3 Å². The maximum atomic E-state index is 14.0. The fraction of sp³-hybridized carbons (Fsp3) is 0.381. The van der Waals surface area contributed by atoms with Gasteiger partial charge in [0.15, 0.2) is 5.96 Å². The van der Waals surface area contributed by atoms with E-state index >= 15 is 0 Å². The van der Waals surface area contributed by atoms with E-state index in [9.17, 15) is 4.39 Å². The molecule has 2 N–H and O–H groups in total. The minimum Gasteiger partial charge on any atom is -0.379 e. The molecule has 1 fully saturated rings. The number of ether oxygens (including phenoxy) is 1. The van der Waals surface area contributed by atoms with Crippen LogP contribution < -0.4 is 10.6 Å². The van der Waals surface area contributed by atoms with E-state index in [1.807, 2.05) is 12.1 Å². The highest BCUT2D eigenvalue weighted by Crippen LogP contribution is 2.15. The third kappa shape index (κ3) is 6.02. The predicted molar refractivity (Wildman–Crippen MR) is 114 cm³/mol. The van der Waals surface area contributed by atoms with Gasteiger partial charge in [-0.1, -0.05) is 46.3 Å². The first-order valence-electron chi connectivity index (χ1n) is 9.41. The molecule has 2 aromatic rings. The first kappa shape index (κ1) is 20.8. The van der Waals surface area contributed by atoms with Crippen LogP contribution in [-0.4, -0.2) is 44.2 Å². The van der Waals surface area contributed by atoms with E-state index in [2.05, 4.69) is 54.7 Å². The van der Waals surface area contributed by atoms with E-state index in [0.29, 0.717) is 24.6 Å². The summed E-state index contributed by atoms with van der Waals surface area (Å²) >= 11 is 3.28. The van der Waals surface area contributed by atoms with Gasteiger partial charge in [0.1, 0.15) is 5.82 Å². The third-order valence-electron chi connectivity index (χ3n) is 4.75. The quantitative estimate of drug-likeness (QED) is 0.525. The molecule has 1 aliphatic heterocycles. The van der Waals surface area contributed by atoms with Gasteiger partial charge < -0.3 is 15.4 Å². The zero-order valence-corrected chi connectivity index (χ0v) is 17.6. The number of nitrogens with one attached hydrogen (secondary N) is 2. The number of benzene rings is 2. The van der Waals surface area contributed by atoms with E-state index < -0.39 is 0 Å². The summed E-state index contributed by atoms with van der Waals surface area (Å²) in [5.41, 5.74) is 3.12. The molecule has 3 rings (SSSR count). The van der Waals surface area contributed by atoms with E-state index in [1.54, 1.807) is 13.1 Å². The van der Waals surface area contributed by atoms with Crippen molar-refractivity contribution in [3.63, 3.8) is 0 Å². The highest BCUT2D eigenvalue weighted by Gasteiger charge is 2.13. The summed E-state index contributed by atoms with van der Waals surface area (Å²) < 4.78 is 20.1. The summed E-state index contributed by atoms with van der Waals surface area (Å²) in [5, 5.41) is 6.50. The van der Waals surface area contributed by atoms with Crippen molar-refractivity contribution in [3.05, 3.63) is 69.4 Å². The van der Waals surface area contributed by atoms with Crippen molar-refractivity contribution in [2.75, 3.05) is 33.4 Å². The lowest BCUT2D eigenvalue weighted by atomic mass is 10.1. The molecule has 0 saturated carbocycles. The van der Waals surface area contributed by atoms with Crippen molar-refractivity contribution in [2.45, 2.75) is 19.6 Å². The summed E-state index contributed by atoms with van der Waals surface area (Å²) in [6, 6.07) is 13.5. The molecule has 0 aliphatic carbocycles. The smallest absolute Gasteiger partial charge is 0.191 e. The molecule has 28 heavy (non-hydrogen) atoms. The molecule has 1 saturated heterocycles. The fourth-order valence-electron chi connectivity index (χ4n) is 3.13. The van der Waals surface area contributed by atoms with Gasteiger partial charge in [0.2, 0.25) is 0 Å². The summed E-state index contributed by atoms with van der Waals surface area (Å²) in [5.74, 6) is 0.400. The van der Waals surface area contributed by atoms with Crippen LogP contribution in [0.3, 0.4) is 0 Å². The highest BCUT2D eigenvalue weighted by molar-refractivity contribution is 9.10. The summed E-state index contributed by atoms with van der Waals surface area (Å²) in [6.07, 6.45) is 0. The molecule has 7 heteroatoms. The molecule has 0 aromatic heterocycles. The van der Waals surface area contributed by atoms with Gasteiger partial charge in [0, 0.05) is 49.8 Å². The molecule has 150 valence electrons. The SMILES string of the molecule is CN=C(NCc1ccc(Br)cc1F)NCc1ccccc1CN1CCOCC1. The number of nitrogens with zero attached hydrogens (tertiary/aromatic N) is 2. The molecular weight excluding hydrogens is 423 g/mol. The monoisotopic (exact) mass is 448 g/mol. The first-order valence-corrected chi connectivity index (χ1v) is 10.2. The molecule has 0 atom stereocenters. The zero-order valence-electron chi connectivity index (χ0n) is 16.0. The molecule has 5 nitrogen and oxygen atoms in total. The molecule has 0 amide bonds. The molecule has 1 heterocycles. The van der Waals surface area contributed by atoms with E-state index in [-0.39, 0.29) is 5.82 Å². The number of halogens is 2. The second-order valence-corrected chi connectivity index (χ2v) is 7.59. The van der Waals surface area contributed by atoms with E-state index in [1.165, 1.54) is 17.2 Å². The van der Waals surface area contributed by atoms with Gasteiger partial charge in [0.25, 0.3) is 0 Å². The van der Waals surface area contributed by atoms with Gasteiger partial charge in [0.05, 0.1) is 13.2 Å². The average Bonchev–Trinajstić information content (AvgIpc) is 2.71. The van der Waals surface area contributed by atoms with Crippen LogP contribution in [0, 0.1) is 5.82 Å². The number of rotatable bonds is 6. The molecule has 0 unspecified atom stereocenters. The molecular formula is C21H26BrFN4O. The second-order valence-electron chi connectivity index (χ2n) is 6.67. The fourth-order valence-corrected chi connectivity index (χ4v) is 3.46. The Bertz CT molecular complexity index is 809. The van der Waals surface area contributed by atoms with Crippen LogP contribution in [-0.2, 0) is 24.4 Å². The Kier molecular flexibility index (Phi) is 7.82. The Balaban J connectivity index is 1.56. The van der Waals surface area contributed by atoms with Gasteiger partial charge >= 0.3 is 0 Å². The zero-order chi connectivity index (χ0) is 19.8. The van der Waals surface area contributed by atoms with Crippen molar-refractivity contribution in [1.82, 2.24) is 15.5 Å². The predicted octanol–water partition coefficient (Wildman–Crippen LogP) is 3.29. The maximum absolute atomic E-state index is 14.0. The summed E-state index contributed by atoms with van der Waals surface area (Å²) in [7, 11) is 1.72. The topological polar surface area (TPSA) is 48.9 Å². The van der Waals surface area contributed by atoms with Gasteiger partial charge in [-0.3, -0.25) is 9.89 Å². The van der Waals surface area contributed by atoms with E-state index in [0.717, 1.165) is 37.3 Å². The van der Waals surface area contributed by atoms with Crippen LogP contribution in [0.15, 0.2) is 51.9 Å². The van der Waals surface area contributed by atoms with Crippen LogP contribution in [0.25, 0.3) is 0 Å². The highest BCUT2D eigenvalue weighted by atomic mass is 79.9. The second kappa shape index (κ2) is 10.5. The number of hydrogen-bond donors (Lipinski definition) is 2. The average molecular weight is 449 g/mol. The van der Waals surface area contributed by atoms with Gasteiger partial charge in [-0.2, -0.15) is 0 Å². The van der Waals surface area contributed by atoms with Crippen molar-refractivity contribution < 1.29 is 9.13 Å². The standard InChI is InChI=1S/C21H26BrFN4O/c1-24-21(26-14-17-6-7-19(22)12-20(17)23)25-13-16-4-2-3-5-18(16)15-27-8-10-28-11-9-27/h2-7,12H,8-11,13-15H2,1H3,(H2,24,25,26). The molecule has 0 bridgehead atoms. The minimum atomic E-state index is -0.242. The van der Waals surface area contributed by atoms with Crippen LogP contribution in [0.2, 0.25) is 0 Å². The molecule has 2 aromatic carbocycles. The largest absolute Gasteiger partial charge is 0.379 e. The van der Waals surface area contributed by atoms with Crippen molar-refractivity contribution >= 4 is 21.9 Å². The normalized spacial score (nSPS) is 15.5. The van der Waals surface area contributed by atoms with Gasteiger partial charge in [-0.25, -0.2) is 4.39 Å².